The topological polar surface area (TPSA) is 56.9 Å². The van der Waals surface area contributed by atoms with Crippen molar-refractivity contribution in [2.45, 2.75) is 46.6 Å². The normalized spacial score (nSPS) is 12.2. The first-order chi connectivity index (χ1) is 14.6. The number of fused-ring (bicyclic) bond motifs is 2. The highest BCUT2D eigenvalue weighted by Gasteiger charge is 2.20. The van der Waals surface area contributed by atoms with E-state index in [0.717, 1.165) is 11.1 Å². The van der Waals surface area contributed by atoms with Crippen LogP contribution in [-0.4, -0.2) is 14.1 Å². The molecule has 0 N–H and O–H groups in total. The number of hydrogen-bond acceptors (Lipinski definition) is 3. The number of aromatic nitrogens is 3. The van der Waals surface area contributed by atoms with Gasteiger partial charge in [0.15, 0.2) is 5.65 Å². The third kappa shape index (κ3) is 3.58. The van der Waals surface area contributed by atoms with E-state index in [1.165, 1.54) is 5.56 Å². The maximum Gasteiger partial charge on any atom is 0.267 e. The Morgan fingerprint density at radius 3 is 2.23 bits per heavy atom. The Kier molecular flexibility index (Phi) is 5.08. The number of benzene rings is 2. The summed E-state index contributed by atoms with van der Waals surface area (Å²) < 4.78 is 3.51. The molecule has 0 spiro atoms. The Morgan fingerprint density at radius 2 is 1.61 bits per heavy atom. The molecule has 5 heteroatoms. The third-order valence-corrected chi connectivity index (χ3v) is 5.76. The molecule has 0 saturated heterocycles. The predicted octanol–water partition coefficient (Wildman–Crippen LogP) is 4.87. The first-order valence-corrected chi connectivity index (χ1v) is 10.7. The van der Waals surface area contributed by atoms with Crippen molar-refractivity contribution >= 4 is 21.9 Å². The third-order valence-electron chi connectivity index (χ3n) is 5.76. The summed E-state index contributed by atoms with van der Waals surface area (Å²) in [6.45, 7) is 11.1. The lowest BCUT2D eigenvalue weighted by Gasteiger charge is -2.20. The van der Waals surface area contributed by atoms with Gasteiger partial charge in [0.05, 0.1) is 5.52 Å². The van der Waals surface area contributed by atoms with Crippen LogP contribution in [0, 0.1) is 5.92 Å². The van der Waals surface area contributed by atoms with E-state index in [9.17, 15) is 9.59 Å². The van der Waals surface area contributed by atoms with Gasteiger partial charge in [-0.15, -0.1) is 0 Å². The molecular weight excluding hydrogens is 386 g/mol. The number of aryl methyl sites for hydroxylation is 1. The molecule has 4 rings (SSSR count). The molecule has 4 aromatic rings. The Balaban J connectivity index is 2.09. The fraction of sp³-hybridized carbons (Fsp3) is 0.346. The van der Waals surface area contributed by atoms with Gasteiger partial charge in [0, 0.05) is 24.5 Å². The Morgan fingerprint density at radius 1 is 0.968 bits per heavy atom. The molecular formula is C26H29N3O2. The van der Waals surface area contributed by atoms with Gasteiger partial charge in [-0.1, -0.05) is 71.0 Å². The van der Waals surface area contributed by atoms with Crippen LogP contribution >= 0.6 is 0 Å². The van der Waals surface area contributed by atoms with Gasteiger partial charge in [-0.25, -0.2) is 4.98 Å². The lowest BCUT2D eigenvalue weighted by atomic mass is 9.86. The molecule has 0 saturated carbocycles. The van der Waals surface area contributed by atoms with Gasteiger partial charge in [0.25, 0.3) is 5.56 Å². The predicted molar refractivity (Wildman–Crippen MR) is 128 cm³/mol. The molecule has 2 heterocycles. The summed E-state index contributed by atoms with van der Waals surface area (Å²) in [5.41, 5.74) is 2.77. The summed E-state index contributed by atoms with van der Waals surface area (Å²) >= 11 is 0. The van der Waals surface area contributed by atoms with Crippen molar-refractivity contribution in [3.8, 4) is 11.4 Å². The van der Waals surface area contributed by atoms with Crippen LogP contribution in [0.4, 0.5) is 0 Å². The zero-order valence-electron chi connectivity index (χ0n) is 19.1. The first-order valence-electron chi connectivity index (χ1n) is 10.7. The Labute approximate surface area is 182 Å². The number of hydrogen-bond donors (Lipinski definition) is 0. The molecule has 0 aliphatic rings. The lowest BCUT2D eigenvalue weighted by Crippen LogP contribution is -2.30. The van der Waals surface area contributed by atoms with E-state index >= 15 is 0 Å². The van der Waals surface area contributed by atoms with Gasteiger partial charge in [-0.05, 0) is 29.0 Å². The van der Waals surface area contributed by atoms with Crippen LogP contribution in [0.2, 0.25) is 0 Å². The van der Waals surface area contributed by atoms with Crippen molar-refractivity contribution in [3.63, 3.8) is 0 Å². The fourth-order valence-corrected chi connectivity index (χ4v) is 4.07. The minimum atomic E-state index is -0.278. The van der Waals surface area contributed by atoms with E-state index in [0.29, 0.717) is 23.4 Å². The first kappa shape index (κ1) is 21.0. The van der Waals surface area contributed by atoms with Crippen molar-refractivity contribution in [2.24, 2.45) is 13.0 Å². The summed E-state index contributed by atoms with van der Waals surface area (Å²) in [5, 5.41) is 0.687. The molecule has 2 aromatic heterocycles. The average Bonchev–Trinajstić information content (AvgIpc) is 2.72. The molecule has 0 atom stereocenters. The second kappa shape index (κ2) is 7.49. The number of pyridine rings is 1. The summed E-state index contributed by atoms with van der Waals surface area (Å²) in [7, 11) is 1.86. The molecule has 5 nitrogen and oxygen atoms in total. The van der Waals surface area contributed by atoms with E-state index in [-0.39, 0.29) is 27.7 Å². The highest BCUT2D eigenvalue weighted by Crippen LogP contribution is 2.26. The second-order valence-electron chi connectivity index (χ2n) is 9.68. The monoisotopic (exact) mass is 415 g/mol. The van der Waals surface area contributed by atoms with Crippen LogP contribution in [0.15, 0.2) is 58.1 Å². The molecule has 0 amide bonds. The molecule has 0 unspecified atom stereocenters. The molecule has 0 bridgehead atoms. The minimum absolute atomic E-state index is 0.0375. The summed E-state index contributed by atoms with van der Waals surface area (Å²) in [5.74, 6) is 0.825. The second-order valence-corrected chi connectivity index (χ2v) is 9.68. The summed E-state index contributed by atoms with van der Waals surface area (Å²) in [6, 6.07) is 15.6. The number of para-hydroxylation sites is 1. The van der Waals surface area contributed by atoms with E-state index in [4.69, 9.17) is 4.98 Å². The van der Waals surface area contributed by atoms with Crippen LogP contribution < -0.4 is 11.0 Å². The maximum absolute atomic E-state index is 13.6. The molecule has 0 aliphatic heterocycles. The molecule has 0 fully saturated rings. The van der Waals surface area contributed by atoms with Gasteiger partial charge < -0.3 is 4.57 Å². The van der Waals surface area contributed by atoms with Crippen LogP contribution in [0.1, 0.15) is 40.2 Å². The summed E-state index contributed by atoms with van der Waals surface area (Å²) in [6.07, 6.45) is 0. The van der Waals surface area contributed by atoms with E-state index in [2.05, 4.69) is 46.8 Å². The van der Waals surface area contributed by atoms with E-state index < -0.39 is 0 Å². The lowest BCUT2D eigenvalue weighted by molar-refractivity contribution is 0.512. The zero-order chi connectivity index (χ0) is 22.5. The van der Waals surface area contributed by atoms with Crippen LogP contribution in [0.3, 0.4) is 0 Å². The van der Waals surface area contributed by atoms with Gasteiger partial charge in [0.1, 0.15) is 11.2 Å². The van der Waals surface area contributed by atoms with Gasteiger partial charge in [-0.3, -0.25) is 14.2 Å². The van der Waals surface area contributed by atoms with Gasteiger partial charge in [-0.2, -0.15) is 0 Å². The van der Waals surface area contributed by atoms with Gasteiger partial charge >= 0.3 is 0 Å². The largest absolute Gasteiger partial charge is 0.328 e. The number of nitrogens with zero attached hydrogens (tertiary/aromatic N) is 3. The SMILES string of the molecule is CC(C)Cn1c(-c2ccc(C(C)(C)C)cc2)nc2c(c(=O)c3ccccc3n2C)c1=O. The maximum atomic E-state index is 13.6. The minimum Gasteiger partial charge on any atom is -0.328 e. The Hall–Kier alpha value is -3.21. The van der Waals surface area contributed by atoms with Crippen molar-refractivity contribution in [3.05, 3.63) is 74.7 Å². The van der Waals surface area contributed by atoms with Crippen LogP contribution in [-0.2, 0) is 19.0 Å². The van der Waals surface area contributed by atoms with Crippen molar-refractivity contribution < 1.29 is 0 Å². The number of rotatable bonds is 3. The van der Waals surface area contributed by atoms with Crippen LogP contribution in [0.25, 0.3) is 33.3 Å². The molecule has 2 aromatic carbocycles. The van der Waals surface area contributed by atoms with Crippen LogP contribution in [0.5, 0.6) is 0 Å². The highest BCUT2D eigenvalue weighted by atomic mass is 16.1. The molecule has 160 valence electrons. The zero-order valence-corrected chi connectivity index (χ0v) is 19.1. The van der Waals surface area contributed by atoms with E-state index in [1.807, 2.05) is 41.9 Å². The van der Waals surface area contributed by atoms with Crippen molar-refractivity contribution in [1.82, 2.24) is 14.1 Å². The molecule has 0 radical (unpaired) electrons. The highest BCUT2D eigenvalue weighted by molar-refractivity contribution is 5.91. The fourth-order valence-electron chi connectivity index (χ4n) is 4.07. The van der Waals surface area contributed by atoms with Gasteiger partial charge in [0.2, 0.25) is 5.43 Å². The molecule has 31 heavy (non-hydrogen) atoms. The van der Waals surface area contributed by atoms with Crippen molar-refractivity contribution in [2.75, 3.05) is 0 Å². The quantitative estimate of drug-likeness (QED) is 0.449. The summed E-state index contributed by atoms with van der Waals surface area (Å²) in [4.78, 5) is 31.7. The molecule has 0 aliphatic carbocycles. The average molecular weight is 416 g/mol. The smallest absolute Gasteiger partial charge is 0.267 e. The Bertz CT molecular complexity index is 1400. The van der Waals surface area contributed by atoms with E-state index in [1.54, 1.807) is 10.6 Å². The van der Waals surface area contributed by atoms with Crippen molar-refractivity contribution in [1.29, 1.82) is 0 Å². The standard InChI is InChI=1S/C26H29N3O2/c1-16(2)15-29-23(17-11-13-18(14-12-17)26(3,4)5)27-24-21(25(29)31)22(30)19-9-7-8-10-20(19)28(24)6/h7-14,16H,15H2,1-6H3.